The van der Waals surface area contributed by atoms with Crippen molar-refractivity contribution < 1.29 is 14.6 Å². The molecule has 0 unspecified atom stereocenters. The summed E-state index contributed by atoms with van der Waals surface area (Å²) in [6.07, 6.45) is -0.427. The van der Waals surface area contributed by atoms with Crippen LogP contribution in [0, 0.1) is 0 Å². The summed E-state index contributed by atoms with van der Waals surface area (Å²) < 4.78 is 5.24. The van der Waals surface area contributed by atoms with E-state index < -0.39 is 6.09 Å². The minimum absolute atomic E-state index is 0.0548. The first-order valence-corrected chi connectivity index (χ1v) is 6.35. The molecule has 2 aromatic carbocycles. The van der Waals surface area contributed by atoms with E-state index in [2.05, 4.69) is 0 Å². The standard InChI is InChI=1S/C16H17NO3/c1-17(15-9-5-8-14(10-15)11-18)16(19)20-12-13-6-3-2-4-7-13/h2-10,18H,11-12H2,1H3. The third-order valence-electron chi connectivity index (χ3n) is 2.96. The van der Waals surface area contributed by atoms with Gasteiger partial charge < -0.3 is 9.84 Å². The van der Waals surface area contributed by atoms with Gasteiger partial charge in [-0.15, -0.1) is 0 Å². The molecule has 0 aliphatic carbocycles. The summed E-state index contributed by atoms with van der Waals surface area (Å²) in [4.78, 5) is 13.4. The molecule has 0 saturated heterocycles. The predicted octanol–water partition coefficient (Wildman–Crippen LogP) is 2.95. The van der Waals surface area contributed by atoms with Gasteiger partial charge in [0, 0.05) is 12.7 Å². The molecule has 0 atom stereocenters. The van der Waals surface area contributed by atoms with E-state index in [4.69, 9.17) is 9.84 Å². The normalized spacial score (nSPS) is 10.1. The highest BCUT2D eigenvalue weighted by Gasteiger charge is 2.12. The number of carbonyl (C=O) groups is 1. The Labute approximate surface area is 118 Å². The maximum atomic E-state index is 12.0. The van der Waals surface area contributed by atoms with Crippen LogP contribution in [0.5, 0.6) is 0 Å². The minimum atomic E-state index is -0.427. The fraction of sp³-hybridized carbons (Fsp3) is 0.188. The molecule has 1 N–H and O–H groups in total. The Bertz CT molecular complexity index is 569. The number of hydrogen-bond donors (Lipinski definition) is 1. The Morgan fingerprint density at radius 3 is 2.50 bits per heavy atom. The molecule has 20 heavy (non-hydrogen) atoms. The lowest BCUT2D eigenvalue weighted by Crippen LogP contribution is -2.27. The molecule has 4 nitrogen and oxygen atoms in total. The first-order chi connectivity index (χ1) is 9.70. The Balaban J connectivity index is 1.98. The van der Waals surface area contributed by atoms with Gasteiger partial charge in [0.2, 0.25) is 0 Å². The third-order valence-corrected chi connectivity index (χ3v) is 2.96. The van der Waals surface area contributed by atoms with Crippen molar-refractivity contribution in [2.24, 2.45) is 0 Å². The highest BCUT2D eigenvalue weighted by Crippen LogP contribution is 2.16. The quantitative estimate of drug-likeness (QED) is 0.930. The second-order valence-corrected chi connectivity index (χ2v) is 4.43. The highest BCUT2D eigenvalue weighted by atomic mass is 16.6. The van der Waals surface area contributed by atoms with E-state index >= 15 is 0 Å². The Morgan fingerprint density at radius 2 is 1.80 bits per heavy atom. The minimum Gasteiger partial charge on any atom is -0.444 e. The fourth-order valence-electron chi connectivity index (χ4n) is 1.78. The van der Waals surface area contributed by atoms with E-state index in [0.717, 1.165) is 11.1 Å². The van der Waals surface area contributed by atoms with Crippen LogP contribution < -0.4 is 4.90 Å². The van der Waals surface area contributed by atoms with Gasteiger partial charge in [0.25, 0.3) is 0 Å². The number of benzene rings is 2. The molecule has 104 valence electrons. The number of carbonyl (C=O) groups excluding carboxylic acids is 1. The van der Waals surface area contributed by atoms with E-state index in [9.17, 15) is 4.79 Å². The van der Waals surface area contributed by atoms with Gasteiger partial charge in [-0.25, -0.2) is 4.79 Å². The van der Waals surface area contributed by atoms with Crippen molar-refractivity contribution in [2.75, 3.05) is 11.9 Å². The van der Waals surface area contributed by atoms with Crippen LogP contribution >= 0.6 is 0 Å². The van der Waals surface area contributed by atoms with Crippen LogP contribution in [0.25, 0.3) is 0 Å². The number of hydrogen-bond acceptors (Lipinski definition) is 3. The van der Waals surface area contributed by atoms with Crippen LogP contribution in [0.1, 0.15) is 11.1 Å². The molecular formula is C16H17NO3. The van der Waals surface area contributed by atoms with Gasteiger partial charge in [-0.05, 0) is 23.3 Å². The first-order valence-electron chi connectivity index (χ1n) is 6.35. The molecule has 0 spiro atoms. The first kappa shape index (κ1) is 14.1. The Hall–Kier alpha value is -2.33. The highest BCUT2D eigenvalue weighted by molar-refractivity contribution is 5.87. The Kier molecular flexibility index (Phi) is 4.74. The maximum Gasteiger partial charge on any atom is 0.414 e. The van der Waals surface area contributed by atoms with Crippen molar-refractivity contribution >= 4 is 11.8 Å². The molecule has 0 bridgehead atoms. The second-order valence-electron chi connectivity index (χ2n) is 4.43. The summed E-state index contributed by atoms with van der Waals surface area (Å²) >= 11 is 0. The van der Waals surface area contributed by atoms with Crippen molar-refractivity contribution in [3.8, 4) is 0 Å². The van der Waals surface area contributed by atoms with E-state index in [-0.39, 0.29) is 13.2 Å². The number of rotatable bonds is 4. The molecule has 0 radical (unpaired) electrons. The number of aliphatic hydroxyl groups excluding tert-OH is 1. The van der Waals surface area contributed by atoms with Gasteiger partial charge in [0.05, 0.1) is 6.61 Å². The monoisotopic (exact) mass is 271 g/mol. The number of aliphatic hydroxyl groups is 1. The summed E-state index contributed by atoms with van der Waals surface area (Å²) in [5, 5.41) is 9.10. The fourth-order valence-corrected chi connectivity index (χ4v) is 1.78. The average Bonchev–Trinajstić information content (AvgIpc) is 2.53. The van der Waals surface area contributed by atoms with Crippen molar-refractivity contribution in [3.63, 3.8) is 0 Å². The molecular weight excluding hydrogens is 254 g/mol. The van der Waals surface area contributed by atoms with Gasteiger partial charge >= 0.3 is 6.09 Å². The molecule has 2 aromatic rings. The molecule has 2 rings (SSSR count). The van der Waals surface area contributed by atoms with Crippen molar-refractivity contribution in [1.29, 1.82) is 0 Å². The van der Waals surface area contributed by atoms with Gasteiger partial charge in [0.15, 0.2) is 0 Å². The maximum absolute atomic E-state index is 12.0. The van der Waals surface area contributed by atoms with Crippen molar-refractivity contribution in [3.05, 3.63) is 65.7 Å². The molecule has 0 aliphatic rings. The molecule has 0 heterocycles. The van der Waals surface area contributed by atoms with Crippen LogP contribution in [0.3, 0.4) is 0 Å². The molecule has 0 saturated carbocycles. The lowest BCUT2D eigenvalue weighted by Gasteiger charge is -2.17. The zero-order valence-electron chi connectivity index (χ0n) is 11.3. The summed E-state index contributed by atoms with van der Waals surface area (Å²) in [5.74, 6) is 0. The molecule has 4 heteroatoms. The van der Waals surface area contributed by atoms with Crippen LogP contribution in [-0.2, 0) is 18.0 Å². The molecule has 1 amide bonds. The van der Waals surface area contributed by atoms with Crippen molar-refractivity contribution in [1.82, 2.24) is 0 Å². The van der Waals surface area contributed by atoms with Gasteiger partial charge in [-0.1, -0.05) is 42.5 Å². The number of anilines is 1. The SMILES string of the molecule is CN(C(=O)OCc1ccccc1)c1cccc(CO)c1. The summed E-state index contributed by atoms with van der Waals surface area (Å²) in [6.45, 7) is 0.185. The predicted molar refractivity (Wildman–Crippen MR) is 77.4 cm³/mol. The average molecular weight is 271 g/mol. The lowest BCUT2D eigenvalue weighted by atomic mass is 10.2. The topological polar surface area (TPSA) is 49.8 Å². The summed E-state index contributed by atoms with van der Waals surface area (Å²) in [5.41, 5.74) is 2.39. The third kappa shape index (κ3) is 3.59. The number of amides is 1. The zero-order valence-corrected chi connectivity index (χ0v) is 11.3. The van der Waals surface area contributed by atoms with E-state index in [1.807, 2.05) is 30.3 Å². The van der Waals surface area contributed by atoms with E-state index in [1.54, 1.807) is 31.3 Å². The van der Waals surface area contributed by atoms with Crippen LogP contribution in [0.2, 0.25) is 0 Å². The van der Waals surface area contributed by atoms with Gasteiger partial charge in [-0.2, -0.15) is 0 Å². The lowest BCUT2D eigenvalue weighted by molar-refractivity contribution is 0.148. The molecule has 0 aliphatic heterocycles. The van der Waals surface area contributed by atoms with E-state index in [0.29, 0.717) is 5.69 Å². The van der Waals surface area contributed by atoms with Crippen molar-refractivity contribution in [2.45, 2.75) is 13.2 Å². The largest absolute Gasteiger partial charge is 0.444 e. The smallest absolute Gasteiger partial charge is 0.414 e. The van der Waals surface area contributed by atoms with E-state index in [1.165, 1.54) is 4.90 Å². The summed E-state index contributed by atoms with van der Waals surface area (Å²) in [7, 11) is 1.64. The number of ether oxygens (including phenoxy) is 1. The number of nitrogens with zero attached hydrogens (tertiary/aromatic N) is 1. The van der Waals surface area contributed by atoms with Crippen LogP contribution in [0.15, 0.2) is 54.6 Å². The zero-order chi connectivity index (χ0) is 14.4. The van der Waals surface area contributed by atoms with Crippen LogP contribution in [0.4, 0.5) is 10.5 Å². The molecule has 0 aromatic heterocycles. The van der Waals surface area contributed by atoms with Gasteiger partial charge in [-0.3, -0.25) is 4.90 Å². The van der Waals surface area contributed by atoms with Crippen LogP contribution in [-0.4, -0.2) is 18.2 Å². The Morgan fingerprint density at radius 1 is 1.10 bits per heavy atom. The molecule has 0 fully saturated rings. The second kappa shape index (κ2) is 6.73. The van der Waals surface area contributed by atoms with Gasteiger partial charge in [0.1, 0.15) is 6.61 Å². The summed E-state index contributed by atoms with van der Waals surface area (Å²) in [6, 6.07) is 16.7.